The van der Waals surface area contributed by atoms with E-state index >= 15 is 0 Å². The summed E-state index contributed by atoms with van der Waals surface area (Å²) >= 11 is 0. The summed E-state index contributed by atoms with van der Waals surface area (Å²) in [6, 6.07) is 8.10. The van der Waals surface area contributed by atoms with Gasteiger partial charge in [-0.05, 0) is 6.92 Å². The number of aryl methyl sites for hydroxylation is 1. The van der Waals surface area contributed by atoms with Gasteiger partial charge in [0.2, 0.25) is 0 Å². The highest BCUT2D eigenvalue weighted by Crippen LogP contribution is 2.23. The van der Waals surface area contributed by atoms with Crippen LogP contribution in [0.5, 0.6) is 0 Å². The molecule has 0 aromatic heterocycles. The molecule has 0 atom stereocenters. The van der Waals surface area contributed by atoms with Crippen LogP contribution >= 0.6 is 0 Å². The summed E-state index contributed by atoms with van der Waals surface area (Å²) in [5.41, 5.74) is 2.29. The van der Waals surface area contributed by atoms with Crippen molar-refractivity contribution in [3.63, 3.8) is 0 Å². The van der Waals surface area contributed by atoms with Crippen LogP contribution in [0.2, 0.25) is 0 Å². The van der Waals surface area contributed by atoms with Gasteiger partial charge in [-0.2, -0.15) is 0 Å². The molecule has 0 saturated carbocycles. The first-order chi connectivity index (χ1) is 5.86. The second-order valence-corrected chi connectivity index (χ2v) is 2.79. The molecule has 0 radical (unpaired) electrons. The first-order valence-corrected chi connectivity index (χ1v) is 3.89. The Balaban J connectivity index is 2.18. The fraction of sp³-hybridized carbons (Fsp3) is 0.200. The summed E-state index contributed by atoms with van der Waals surface area (Å²) in [6.07, 6.45) is 2.88. The lowest BCUT2D eigenvalue weighted by Crippen LogP contribution is -1.96. The zero-order valence-electron chi connectivity index (χ0n) is 6.86. The minimum Gasteiger partial charge on any atom is -0.455 e. The molecule has 0 amide bonds. The van der Waals surface area contributed by atoms with Gasteiger partial charge >= 0.3 is 0 Å². The van der Waals surface area contributed by atoms with E-state index in [0.29, 0.717) is 0 Å². The van der Waals surface area contributed by atoms with Gasteiger partial charge in [0.05, 0.1) is 0 Å². The number of ether oxygens (including phenoxy) is 2. The lowest BCUT2D eigenvalue weighted by molar-refractivity contribution is -0.0245. The van der Waals surface area contributed by atoms with E-state index in [9.17, 15) is 0 Å². The van der Waals surface area contributed by atoms with Crippen LogP contribution < -0.4 is 0 Å². The summed E-state index contributed by atoms with van der Waals surface area (Å²) < 4.78 is 10.4. The first-order valence-electron chi connectivity index (χ1n) is 3.89. The quantitative estimate of drug-likeness (QED) is 0.631. The molecule has 0 bridgehead atoms. The van der Waals surface area contributed by atoms with Gasteiger partial charge in [0.25, 0.3) is 6.29 Å². The van der Waals surface area contributed by atoms with E-state index in [1.165, 1.54) is 5.56 Å². The third-order valence-corrected chi connectivity index (χ3v) is 1.81. The molecule has 12 heavy (non-hydrogen) atoms. The molecule has 1 aliphatic rings. The van der Waals surface area contributed by atoms with Crippen LogP contribution in [0.25, 0.3) is 0 Å². The number of hydrogen-bond donors (Lipinski definition) is 0. The maximum absolute atomic E-state index is 5.18. The molecule has 0 spiro atoms. The molecule has 1 aliphatic heterocycles. The SMILES string of the molecule is Cc1ccc(C2OC=CO2)cc1. The van der Waals surface area contributed by atoms with E-state index in [1.807, 2.05) is 24.3 Å². The van der Waals surface area contributed by atoms with Gasteiger partial charge in [0.15, 0.2) is 0 Å². The predicted molar refractivity (Wildman–Crippen MR) is 45.2 cm³/mol. The van der Waals surface area contributed by atoms with Crippen molar-refractivity contribution in [3.05, 3.63) is 47.9 Å². The highest BCUT2D eigenvalue weighted by molar-refractivity contribution is 5.22. The van der Waals surface area contributed by atoms with Crippen LogP contribution in [-0.4, -0.2) is 0 Å². The van der Waals surface area contributed by atoms with Crippen molar-refractivity contribution in [1.82, 2.24) is 0 Å². The van der Waals surface area contributed by atoms with Gasteiger partial charge in [-0.15, -0.1) is 0 Å². The Hall–Kier alpha value is -1.44. The Morgan fingerprint density at radius 1 is 1.00 bits per heavy atom. The molecule has 2 heteroatoms. The van der Waals surface area contributed by atoms with Crippen molar-refractivity contribution in [1.29, 1.82) is 0 Å². The minimum atomic E-state index is -0.245. The lowest BCUT2D eigenvalue weighted by Gasteiger charge is -2.09. The second kappa shape index (κ2) is 2.89. The summed E-state index contributed by atoms with van der Waals surface area (Å²) in [4.78, 5) is 0. The van der Waals surface area contributed by atoms with Gasteiger partial charge in [0.1, 0.15) is 12.5 Å². The molecule has 0 N–H and O–H groups in total. The first kappa shape index (κ1) is 7.22. The molecule has 0 fully saturated rings. The predicted octanol–water partition coefficient (Wildman–Crippen LogP) is 2.51. The monoisotopic (exact) mass is 162 g/mol. The maximum Gasteiger partial charge on any atom is 0.266 e. The van der Waals surface area contributed by atoms with Crippen molar-refractivity contribution in [2.75, 3.05) is 0 Å². The average Bonchev–Trinajstić information content (AvgIpc) is 2.58. The van der Waals surface area contributed by atoms with Crippen LogP contribution in [0.1, 0.15) is 17.4 Å². The Labute approximate surface area is 71.4 Å². The molecule has 1 aromatic carbocycles. The molecule has 2 nitrogen and oxygen atoms in total. The summed E-state index contributed by atoms with van der Waals surface area (Å²) in [6.45, 7) is 2.05. The minimum absolute atomic E-state index is 0.245. The third kappa shape index (κ3) is 1.28. The molecule has 2 rings (SSSR count). The molecular formula is C10H10O2. The van der Waals surface area contributed by atoms with Crippen molar-refractivity contribution >= 4 is 0 Å². The zero-order valence-corrected chi connectivity index (χ0v) is 6.86. The smallest absolute Gasteiger partial charge is 0.266 e. The normalized spacial score (nSPS) is 15.8. The summed E-state index contributed by atoms with van der Waals surface area (Å²) in [5, 5.41) is 0. The van der Waals surface area contributed by atoms with Gasteiger partial charge in [-0.1, -0.05) is 29.8 Å². The highest BCUT2D eigenvalue weighted by atomic mass is 16.7. The Morgan fingerprint density at radius 2 is 1.58 bits per heavy atom. The lowest BCUT2D eigenvalue weighted by atomic mass is 10.1. The zero-order chi connectivity index (χ0) is 8.39. The molecule has 0 saturated heterocycles. The molecule has 1 heterocycles. The number of hydrogen-bond acceptors (Lipinski definition) is 2. The number of rotatable bonds is 1. The fourth-order valence-corrected chi connectivity index (χ4v) is 1.12. The van der Waals surface area contributed by atoms with E-state index in [2.05, 4.69) is 6.92 Å². The van der Waals surface area contributed by atoms with E-state index in [4.69, 9.17) is 9.47 Å². The molecule has 0 aliphatic carbocycles. The van der Waals surface area contributed by atoms with E-state index in [0.717, 1.165) is 5.56 Å². The van der Waals surface area contributed by atoms with Crippen LogP contribution in [0.15, 0.2) is 36.8 Å². The van der Waals surface area contributed by atoms with Crippen LogP contribution in [0.4, 0.5) is 0 Å². The maximum atomic E-state index is 5.18. The molecule has 62 valence electrons. The van der Waals surface area contributed by atoms with Gasteiger partial charge in [-0.25, -0.2) is 0 Å². The summed E-state index contributed by atoms with van der Waals surface area (Å²) in [5.74, 6) is 0. The van der Waals surface area contributed by atoms with Gasteiger partial charge in [0, 0.05) is 5.56 Å². The molecular weight excluding hydrogens is 152 g/mol. The van der Waals surface area contributed by atoms with Crippen molar-refractivity contribution in [3.8, 4) is 0 Å². The number of benzene rings is 1. The Morgan fingerprint density at radius 3 is 2.17 bits per heavy atom. The van der Waals surface area contributed by atoms with E-state index < -0.39 is 0 Å². The van der Waals surface area contributed by atoms with E-state index in [-0.39, 0.29) is 6.29 Å². The van der Waals surface area contributed by atoms with E-state index in [1.54, 1.807) is 12.5 Å². The largest absolute Gasteiger partial charge is 0.455 e. The van der Waals surface area contributed by atoms with Crippen molar-refractivity contribution in [2.24, 2.45) is 0 Å². The second-order valence-electron chi connectivity index (χ2n) is 2.79. The van der Waals surface area contributed by atoms with Crippen LogP contribution in [0.3, 0.4) is 0 Å². The van der Waals surface area contributed by atoms with Crippen LogP contribution in [-0.2, 0) is 9.47 Å². The topological polar surface area (TPSA) is 18.5 Å². The molecule has 0 unspecified atom stereocenters. The average molecular weight is 162 g/mol. The summed E-state index contributed by atoms with van der Waals surface area (Å²) in [7, 11) is 0. The molecule has 1 aromatic rings. The Kier molecular flexibility index (Phi) is 1.74. The third-order valence-electron chi connectivity index (χ3n) is 1.81. The fourth-order valence-electron chi connectivity index (χ4n) is 1.12. The van der Waals surface area contributed by atoms with Gasteiger partial charge < -0.3 is 9.47 Å². The Bertz CT molecular complexity index is 279. The van der Waals surface area contributed by atoms with Crippen molar-refractivity contribution in [2.45, 2.75) is 13.2 Å². The standard InChI is InChI=1S/C10H10O2/c1-8-2-4-9(5-3-8)10-11-6-7-12-10/h2-7,10H,1H3. The van der Waals surface area contributed by atoms with Crippen LogP contribution in [0, 0.1) is 6.92 Å². The van der Waals surface area contributed by atoms with Crippen molar-refractivity contribution < 1.29 is 9.47 Å². The van der Waals surface area contributed by atoms with Gasteiger partial charge in [-0.3, -0.25) is 0 Å². The highest BCUT2D eigenvalue weighted by Gasteiger charge is 2.13.